The number of benzene rings is 2. The van der Waals surface area contributed by atoms with E-state index < -0.39 is 0 Å². The number of carbonyl (C=O) groups excluding carboxylic acids is 2. The van der Waals surface area contributed by atoms with Gasteiger partial charge in [-0.05, 0) is 62.1 Å². The molecule has 1 aromatic heterocycles. The Balaban J connectivity index is 1.35. The van der Waals surface area contributed by atoms with Crippen molar-refractivity contribution in [1.82, 2.24) is 19.9 Å². The minimum absolute atomic E-state index is 0.0466. The van der Waals surface area contributed by atoms with Crippen molar-refractivity contribution in [2.75, 3.05) is 18.4 Å². The second-order valence-electron chi connectivity index (χ2n) is 8.43. The Morgan fingerprint density at radius 1 is 1.00 bits per heavy atom. The van der Waals surface area contributed by atoms with Crippen molar-refractivity contribution in [2.45, 2.75) is 31.6 Å². The summed E-state index contributed by atoms with van der Waals surface area (Å²) in [5.41, 5.74) is 2.96. The highest BCUT2D eigenvalue weighted by Crippen LogP contribution is 2.42. The quantitative estimate of drug-likeness (QED) is 0.571. The summed E-state index contributed by atoms with van der Waals surface area (Å²) in [6, 6.07) is 17.3. The smallest absolute Gasteiger partial charge is 0.276 e. The molecule has 1 aliphatic carbocycles. The van der Waals surface area contributed by atoms with Crippen LogP contribution in [-0.2, 0) is 4.79 Å². The molecule has 1 atom stereocenters. The predicted molar refractivity (Wildman–Crippen MR) is 125 cm³/mol. The van der Waals surface area contributed by atoms with E-state index in [-0.39, 0.29) is 17.7 Å². The van der Waals surface area contributed by atoms with Crippen LogP contribution in [0.15, 0.2) is 59.1 Å². The molecule has 2 aliphatic rings. The summed E-state index contributed by atoms with van der Waals surface area (Å²) < 4.78 is 2.78. The maximum absolute atomic E-state index is 13.4. The zero-order valence-electron chi connectivity index (χ0n) is 17.6. The van der Waals surface area contributed by atoms with Gasteiger partial charge in [0.05, 0.1) is 17.3 Å². The normalized spacial score (nSPS) is 18.4. The molecule has 1 N–H and O–H groups in total. The summed E-state index contributed by atoms with van der Waals surface area (Å²) in [6.45, 7) is 1.02. The summed E-state index contributed by atoms with van der Waals surface area (Å²) in [7, 11) is 0. The lowest BCUT2D eigenvalue weighted by Crippen LogP contribution is -2.44. The van der Waals surface area contributed by atoms with Gasteiger partial charge in [0.2, 0.25) is 5.91 Å². The number of aromatic nitrogens is 3. The average Bonchev–Trinajstić information content (AvgIpc) is 3.58. The number of hydrogen-bond acceptors (Lipinski definition) is 4. The van der Waals surface area contributed by atoms with Crippen LogP contribution < -0.4 is 5.32 Å². The van der Waals surface area contributed by atoms with E-state index in [9.17, 15) is 9.59 Å². The van der Waals surface area contributed by atoms with Gasteiger partial charge in [0.25, 0.3) is 5.91 Å². The van der Waals surface area contributed by atoms with Gasteiger partial charge in [0, 0.05) is 29.2 Å². The molecule has 3 aromatic rings. The summed E-state index contributed by atoms with van der Waals surface area (Å²) in [4.78, 5) is 28.0. The fourth-order valence-corrected chi connectivity index (χ4v) is 4.49. The van der Waals surface area contributed by atoms with Crippen molar-refractivity contribution in [2.24, 2.45) is 5.92 Å². The topological polar surface area (TPSA) is 80.1 Å². The molecular weight excluding hydrogens is 470 g/mol. The van der Waals surface area contributed by atoms with Crippen LogP contribution in [0.25, 0.3) is 5.69 Å². The SMILES string of the molecule is O=C(Nc1ccccc1)C1CCCN(C(=O)c2nnn(-c3ccc(Br)cc3)c2C2CC2)C1. The molecule has 1 unspecified atom stereocenters. The summed E-state index contributed by atoms with van der Waals surface area (Å²) in [5.74, 6) is -0.115. The van der Waals surface area contributed by atoms with Crippen molar-refractivity contribution >= 4 is 33.4 Å². The molecular formula is C24H24BrN5O2. The first kappa shape index (κ1) is 20.9. The van der Waals surface area contributed by atoms with Crippen molar-refractivity contribution in [3.05, 3.63) is 70.5 Å². The number of nitrogens with one attached hydrogen (secondary N) is 1. The fraction of sp³-hybridized carbons (Fsp3) is 0.333. The number of halogens is 1. The van der Waals surface area contributed by atoms with Gasteiger partial charge < -0.3 is 10.2 Å². The first-order valence-corrected chi connectivity index (χ1v) is 11.8. The van der Waals surface area contributed by atoms with Crippen molar-refractivity contribution in [3.63, 3.8) is 0 Å². The first-order chi connectivity index (χ1) is 15.6. The molecule has 2 aromatic carbocycles. The Morgan fingerprint density at radius 3 is 2.47 bits per heavy atom. The van der Waals surface area contributed by atoms with E-state index in [0.717, 1.165) is 47.2 Å². The summed E-state index contributed by atoms with van der Waals surface area (Å²) in [5, 5.41) is 11.6. The van der Waals surface area contributed by atoms with Gasteiger partial charge in [-0.2, -0.15) is 0 Å². The van der Waals surface area contributed by atoms with Gasteiger partial charge in [-0.3, -0.25) is 9.59 Å². The van der Waals surface area contributed by atoms with E-state index in [1.54, 1.807) is 9.58 Å². The van der Waals surface area contributed by atoms with Crippen LogP contribution >= 0.6 is 15.9 Å². The van der Waals surface area contributed by atoms with Crippen LogP contribution in [0.4, 0.5) is 5.69 Å². The van der Waals surface area contributed by atoms with Crippen LogP contribution in [-0.4, -0.2) is 44.8 Å². The highest BCUT2D eigenvalue weighted by molar-refractivity contribution is 9.10. The van der Waals surface area contributed by atoms with Crippen LogP contribution in [0, 0.1) is 5.92 Å². The minimum Gasteiger partial charge on any atom is -0.336 e. The minimum atomic E-state index is -0.237. The standard InChI is InChI=1S/C24H24BrN5O2/c25-18-10-12-20(13-11-18)30-22(16-8-9-16)21(27-28-30)24(32)29-14-4-5-17(15-29)23(31)26-19-6-2-1-3-7-19/h1-3,6-7,10-13,16-17H,4-5,8-9,14-15H2,(H,26,31). The van der Waals surface area contributed by atoms with Gasteiger partial charge >= 0.3 is 0 Å². The van der Waals surface area contributed by atoms with Crippen LogP contribution in [0.2, 0.25) is 0 Å². The van der Waals surface area contributed by atoms with Crippen LogP contribution in [0.5, 0.6) is 0 Å². The molecule has 1 saturated heterocycles. The van der Waals surface area contributed by atoms with Gasteiger partial charge in [0.1, 0.15) is 0 Å². The molecule has 32 heavy (non-hydrogen) atoms. The Bertz CT molecular complexity index is 1130. The summed E-state index contributed by atoms with van der Waals surface area (Å²) >= 11 is 3.46. The molecule has 2 amide bonds. The fourth-order valence-electron chi connectivity index (χ4n) is 4.23. The van der Waals surface area contributed by atoms with E-state index in [1.807, 2.05) is 54.6 Å². The second kappa shape index (κ2) is 8.86. The molecule has 8 heteroatoms. The zero-order valence-corrected chi connectivity index (χ0v) is 19.2. The Kier molecular flexibility index (Phi) is 5.78. The van der Waals surface area contributed by atoms with E-state index in [1.165, 1.54) is 0 Å². The number of nitrogens with zero attached hydrogens (tertiary/aromatic N) is 4. The number of carbonyl (C=O) groups is 2. The van der Waals surface area contributed by atoms with Crippen LogP contribution in [0.1, 0.15) is 47.8 Å². The number of anilines is 1. The number of para-hydroxylation sites is 1. The lowest BCUT2D eigenvalue weighted by atomic mass is 9.96. The lowest BCUT2D eigenvalue weighted by Gasteiger charge is -2.31. The molecule has 0 bridgehead atoms. The molecule has 7 nitrogen and oxygen atoms in total. The third-order valence-corrected chi connectivity index (χ3v) is 6.59. The highest BCUT2D eigenvalue weighted by atomic mass is 79.9. The van der Waals surface area contributed by atoms with E-state index in [0.29, 0.717) is 24.7 Å². The molecule has 2 heterocycles. The van der Waals surface area contributed by atoms with Crippen LogP contribution in [0.3, 0.4) is 0 Å². The maximum Gasteiger partial charge on any atom is 0.276 e. The molecule has 5 rings (SSSR count). The number of amides is 2. The monoisotopic (exact) mass is 493 g/mol. The molecule has 1 saturated carbocycles. The molecule has 1 aliphatic heterocycles. The number of rotatable bonds is 5. The maximum atomic E-state index is 13.4. The Morgan fingerprint density at radius 2 is 1.75 bits per heavy atom. The van der Waals surface area contributed by atoms with E-state index in [2.05, 4.69) is 31.6 Å². The van der Waals surface area contributed by atoms with Crippen molar-refractivity contribution in [1.29, 1.82) is 0 Å². The molecule has 164 valence electrons. The number of piperidine rings is 1. The molecule has 0 radical (unpaired) electrons. The van der Waals surface area contributed by atoms with Gasteiger partial charge in [0.15, 0.2) is 5.69 Å². The second-order valence-corrected chi connectivity index (χ2v) is 9.35. The molecule has 0 spiro atoms. The third kappa shape index (κ3) is 4.32. The zero-order chi connectivity index (χ0) is 22.1. The lowest BCUT2D eigenvalue weighted by molar-refractivity contribution is -0.121. The highest BCUT2D eigenvalue weighted by Gasteiger charge is 2.37. The average molecular weight is 494 g/mol. The number of hydrogen-bond donors (Lipinski definition) is 1. The van der Waals surface area contributed by atoms with Gasteiger partial charge in [-0.1, -0.05) is 39.3 Å². The van der Waals surface area contributed by atoms with Crippen molar-refractivity contribution in [3.8, 4) is 5.69 Å². The van der Waals surface area contributed by atoms with E-state index in [4.69, 9.17) is 0 Å². The molecule has 2 fully saturated rings. The number of likely N-dealkylation sites (tertiary alicyclic amines) is 1. The first-order valence-electron chi connectivity index (χ1n) is 11.0. The predicted octanol–water partition coefficient (Wildman–Crippen LogP) is 4.40. The van der Waals surface area contributed by atoms with Gasteiger partial charge in [-0.15, -0.1) is 5.10 Å². The van der Waals surface area contributed by atoms with Crippen molar-refractivity contribution < 1.29 is 9.59 Å². The Hall–Kier alpha value is -3.00. The van der Waals surface area contributed by atoms with E-state index >= 15 is 0 Å². The largest absolute Gasteiger partial charge is 0.336 e. The Labute approximate surface area is 194 Å². The summed E-state index contributed by atoms with van der Waals surface area (Å²) in [6.07, 6.45) is 3.63. The third-order valence-electron chi connectivity index (χ3n) is 6.06. The van der Waals surface area contributed by atoms with Gasteiger partial charge in [-0.25, -0.2) is 4.68 Å².